The number of nitrogens with one attached hydrogen (secondary N) is 1. The molecule has 0 unspecified atom stereocenters. The molecular formula is C22H16ClF3N4O2. The number of alkyl halides is 3. The van der Waals surface area contributed by atoms with Gasteiger partial charge in [-0.3, -0.25) is 4.79 Å². The minimum atomic E-state index is -4.46. The lowest BCUT2D eigenvalue weighted by Crippen LogP contribution is -2.13. The lowest BCUT2D eigenvalue weighted by molar-refractivity contribution is -0.137. The summed E-state index contributed by atoms with van der Waals surface area (Å²) in [4.78, 5) is 17.1. The fourth-order valence-electron chi connectivity index (χ4n) is 3.24. The monoisotopic (exact) mass is 460 g/mol. The van der Waals surface area contributed by atoms with Crippen LogP contribution in [0.1, 0.15) is 32.7 Å². The Labute approximate surface area is 185 Å². The van der Waals surface area contributed by atoms with Gasteiger partial charge in [-0.15, -0.1) is 0 Å². The quantitative estimate of drug-likeness (QED) is 0.435. The molecule has 164 valence electrons. The Balaban J connectivity index is 1.61. The zero-order chi connectivity index (χ0) is 23.0. The van der Waals surface area contributed by atoms with E-state index in [-0.39, 0.29) is 22.8 Å². The van der Waals surface area contributed by atoms with Crippen molar-refractivity contribution in [3.63, 3.8) is 0 Å². The summed E-state index contributed by atoms with van der Waals surface area (Å²) in [5.74, 6) is -0.771. The summed E-state index contributed by atoms with van der Waals surface area (Å²) < 4.78 is 39.3. The molecule has 0 saturated heterocycles. The number of amides is 1. The molecule has 1 amide bonds. The van der Waals surface area contributed by atoms with Crippen molar-refractivity contribution >= 4 is 28.8 Å². The third kappa shape index (κ3) is 4.24. The highest BCUT2D eigenvalue weighted by molar-refractivity contribution is 6.30. The number of fused-ring (bicyclic) bond motifs is 1. The summed E-state index contributed by atoms with van der Waals surface area (Å²) in [6.07, 6.45) is -2.84. The van der Waals surface area contributed by atoms with E-state index in [0.29, 0.717) is 22.7 Å². The molecule has 6 nitrogen and oxygen atoms in total. The van der Waals surface area contributed by atoms with Crippen molar-refractivity contribution in [2.45, 2.75) is 19.5 Å². The second-order valence-electron chi connectivity index (χ2n) is 7.13. The number of hydrogen-bond donors (Lipinski definition) is 2. The van der Waals surface area contributed by atoms with E-state index in [0.717, 1.165) is 34.3 Å². The number of benzene rings is 2. The number of aromatic hydroxyl groups is 1. The molecule has 0 radical (unpaired) electrons. The highest BCUT2D eigenvalue weighted by Gasteiger charge is 2.30. The molecule has 0 fully saturated rings. The third-order valence-corrected chi connectivity index (χ3v) is 5.19. The number of nitrogens with zero attached hydrogens (tertiary/aromatic N) is 3. The van der Waals surface area contributed by atoms with Crippen LogP contribution in [0.4, 0.5) is 18.9 Å². The number of carbonyl (C=O) groups is 1. The van der Waals surface area contributed by atoms with Gasteiger partial charge >= 0.3 is 6.18 Å². The average molecular weight is 461 g/mol. The van der Waals surface area contributed by atoms with Gasteiger partial charge in [-0.05, 0) is 48.9 Å². The van der Waals surface area contributed by atoms with Crippen LogP contribution >= 0.6 is 11.6 Å². The Hall–Kier alpha value is -3.59. The Morgan fingerprint density at radius 3 is 2.41 bits per heavy atom. The van der Waals surface area contributed by atoms with Gasteiger partial charge < -0.3 is 10.4 Å². The van der Waals surface area contributed by atoms with E-state index in [1.54, 1.807) is 19.1 Å². The van der Waals surface area contributed by atoms with Gasteiger partial charge in [-0.25, -0.2) is 4.98 Å². The maximum atomic E-state index is 12.7. The topological polar surface area (TPSA) is 79.5 Å². The van der Waals surface area contributed by atoms with Crippen LogP contribution in [0.15, 0.2) is 54.7 Å². The Bertz CT molecular complexity index is 1300. The molecule has 0 bridgehead atoms. The fourth-order valence-corrected chi connectivity index (χ4v) is 3.36. The maximum absolute atomic E-state index is 12.7. The zero-order valence-electron chi connectivity index (χ0n) is 16.6. The van der Waals surface area contributed by atoms with Crippen molar-refractivity contribution < 1.29 is 23.1 Å². The molecule has 0 spiro atoms. The summed E-state index contributed by atoms with van der Waals surface area (Å²) in [6.45, 7) is 1.70. The number of anilines is 1. The summed E-state index contributed by atoms with van der Waals surface area (Å²) in [5, 5.41) is 17.9. The molecule has 2 N–H and O–H groups in total. The Morgan fingerprint density at radius 2 is 1.78 bits per heavy atom. The maximum Gasteiger partial charge on any atom is 0.416 e. The number of rotatable bonds is 4. The second kappa shape index (κ2) is 8.16. The first-order valence-corrected chi connectivity index (χ1v) is 9.80. The highest BCUT2D eigenvalue weighted by Crippen LogP contribution is 2.30. The van der Waals surface area contributed by atoms with Crippen LogP contribution in [-0.2, 0) is 12.6 Å². The molecule has 32 heavy (non-hydrogen) atoms. The van der Waals surface area contributed by atoms with E-state index in [1.165, 1.54) is 6.20 Å². The van der Waals surface area contributed by atoms with Crippen LogP contribution in [-0.4, -0.2) is 25.6 Å². The van der Waals surface area contributed by atoms with Gasteiger partial charge in [-0.1, -0.05) is 23.7 Å². The molecule has 0 aliphatic rings. The molecule has 0 atom stereocenters. The Morgan fingerprint density at radius 1 is 1.12 bits per heavy atom. The molecule has 0 saturated carbocycles. The van der Waals surface area contributed by atoms with Gasteiger partial charge in [0.25, 0.3) is 5.91 Å². The first kappa shape index (κ1) is 21.6. The van der Waals surface area contributed by atoms with Crippen molar-refractivity contribution in [2.24, 2.45) is 0 Å². The molecule has 2 aromatic carbocycles. The van der Waals surface area contributed by atoms with E-state index in [4.69, 9.17) is 11.6 Å². The van der Waals surface area contributed by atoms with Crippen molar-refractivity contribution in [1.29, 1.82) is 0 Å². The number of halogens is 4. The van der Waals surface area contributed by atoms with Crippen molar-refractivity contribution in [2.75, 3.05) is 5.32 Å². The lowest BCUT2D eigenvalue weighted by atomic mass is 10.0. The predicted molar refractivity (Wildman–Crippen MR) is 113 cm³/mol. The smallest absolute Gasteiger partial charge is 0.416 e. The highest BCUT2D eigenvalue weighted by atomic mass is 35.5. The van der Waals surface area contributed by atoms with Crippen LogP contribution in [0.2, 0.25) is 5.02 Å². The van der Waals surface area contributed by atoms with E-state index in [1.807, 2.05) is 12.1 Å². The number of hydrogen-bond acceptors (Lipinski definition) is 4. The van der Waals surface area contributed by atoms with E-state index >= 15 is 0 Å². The van der Waals surface area contributed by atoms with Gasteiger partial charge in [0.1, 0.15) is 5.56 Å². The largest absolute Gasteiger partial charge is 0.493 e. The minimum Gasteiger partial charge on any atom is -0.493 e. The number of aromatic nitrogens is 3. The van der Waals surface area contributed by atoms with Crippen LogP contribution < -0.4 is 5.32 Å². The predicted octanol–water partition coefficient (Wildman–Crippen LogP) is 5.26. The second-order valence-corrected chi connectivity index (χ2v) is 7.56. The lowest BCUT2D eigenvalue weighted by Gasteiger charge is -2.11. The molecule has 4 rings (SSSR count). The number of aryl methyl sites for hydroxylation is 1. The van der Waals surface area contributed by atoms with Crippen LogP contribution in [0.3, 0.4) is 0 Å². The average Bonchev–Trinajstić information content (AvgIpc) is 3.16. The molecule has 2 aromatic heterocycles. The standard InChI is InChI=1S/C22H16ClF3N4O2/c1-12-17(10-13-2-6-15(23)7-3-13)21(32)30-19(28-12)18(11-27-30)20(31)29-16-8-4-14(5-9-16)22(24,25)26/h2-9,11,32H,10H2,1H3,(H,29,31). The summed E-state index contributed by atoms with van der Waals surface area (Å²) in [5.41, 5.74) is 1.52. The van der Waals surface area contributed by atoms with Gasteiger partial charge in [0, 0.05) is 28.4 Å². The first-order valence-electron chi connectivity index (χ1n) is 9.42. The van der Waals surface area contributed by atoms with Crippen LogP contribution in [0.5, 0.6) is 5.88 Å². The molecule has 0 aliphatic carbocycles. The van der Waals surface area contributed by atoms with Crippen molar-refractivity contribution in [3.05, 3.63) is 87.7 Å². The van der Waals surface area contributed by atoms with E-state index in [2.05, 4.69) is 15.4 Å². The normalized spacial score (nSPS) is 11.7. The van der Waals surface area contributed by atoms with E-state index in [9.17, 15) is 23.1 Å². The summed E-state index contributed by atoms with van der Waals surface area (Å²) in [7, 11) is 0. The first-order chi connectivity index (χ1) is 15.1. The van der Waals surface area contributed by atoms with Crippen LogP contribution in [0.25, 0.3) is 5.65 Å². The molecule has 2 heterocycles. The third-order valence-electron chi connectivity index (χ3n) is 4.93. The minimum absolute atomic E-state index is 0.0707. The zero-order valence-corrected chi connectivity index (χ0v) is 17.4. The van der Waals surface area contributed by atoms with Crippen molar-refractivity contribution in [1.82, 2.24) is 14.6 Å². The molecule has 10 heteroatoms. The molecule has 0 aliphatic heterocycles. The number of carbonyl (C=O) groups excluding carboxylic acids is 1. The van der Waals surface area contributed by atoms with Crippen molar-refractivity contribution in [3.8, 4) is 5.88 Å². The van der Waals surface area contributed by atoms with Gasteiger partial charge in [0.2, 0.25) is 5.88 Å². The van der Waals surface area contributed by atoms with Gasteiger partial charge in [0.15, 0.2) is 5.65 Å². The Kier molecular flexibility index (Phi) is 5.52. The fraction of sp³-hybridized carbons (Fsp3) is 0.136. The molecular weight excluding hydrogens is 445 g/mol. The van der Waals surface area contributed by atoms with Gasteiger partial charge in [-0.2, -0.15) is 22.8 Å². The summed E-state index contributed by atoms with van der Waals surface area (Å²) >= 11 is 5.91. The van der Waals surface area contributed by atoms with Crippen LogP contribution in [0, 0.1) is 6.92 Å². The summed E-state index contributed by atoms with van der Waals surface area (Å²) in [6, 6.07) is 11.2. The molecule has 4 aromatic rings. The van der Waals surface area contributed by atoms with E-state index < -0.39 is 17.6 Å². The SMILES string of the molecule is Cc1nc2c(C(=O)Nc3ccc(C(F)(F)F)cc3)cnn2c(O)c1Cc1ccc(Cl)cc1. The van der Waals surface area contributed by atoms with Gasteiger partial charge in [0.05, 0.1) is 11.8 Å².